The molecule has 0 unspecified atom stereocenters. The zero-order valence-electron chi connectivity index (χ0n) is 14.5. The molecule has 25 heavy (non-hydrogen) atoms. The molecular formula is C16H20ClN3O4S. The van der Waals surface area contributed by atoms with Gasteiger partial charge in [-0.15, -0.1) is 0 Å². The molecule has 0 fully saturated rings. The highest BCUT2D eigenvalue weighted by Gasteiger charge is 2.25. The Morgan fingerprint density at radius 1 is 1.24 bits per heavy atom. The number of halogens is 1. The molecule has 0 atom stereocenters. The molecule has 1 aromatic heterocycles. The van der Waals surface area contributed by atoms with Gasteiger partial charge in [0.15, 0.2) is 0 Å². The van der Waals surface area contributed by atoms with E-state index < -0.39 is 10.0 Å². The molecule has 0 N–H and O–H groups in total. The van der Waals surface area contributed by atoms with Crippen LogP contribution in [0.1, 0.15) is 11.1 Å². The summed E-state index contributed by atoms with van der Waals surface area (Å²) < 4.78 is 37.5. The second-order valence-electron chi connectivity index (χ2n) is 5.43. The SMILES string of the molecule is COc1cc(C)c(S(=O)(=O)N(C)CCOc2nccc(Cl)n2)c(C)c1. The first-order chi connectivity index (χ1) is 11.8. The van der Waals surface area contributed by atoms with Gasteiger partial charge < -0.3 is 9.47 Å². The number of nitrogens with zero attached hydrogens (tertiary/aromatic N) is 3. The first-order valence-corrected chi connectivity index (χ1v) is 9.30. The van der Waals surface area contributed by atoms with Gasteiger partial charge >= 0.3 is 6.01 Å². The van der Waals surface area contributed by atoms with Crippen molar-refractivity contribution in [1.29, 1.82) is 0 Å². The van der Waals surface area contributed by atoms with Crippen LogP contribution in [0.3, 0.4) is 0 Å². The molecule has 0 aliphatic carbocycles. The lowest BCUT2D eigenvalue weighted by Crippen LogP contribution is -2.32. The molecule has 0 spiro atoms. The lowest BCUT2D eigenvalue weighted by Gasteiger charge is -2.20. The van der Waals surface area contributed by atoms with Crippen LogP contribution in [0.25, 0.3) is 0 Å². The summed E-state index contributed by atoms with van der Waals surface area (Å²) in [6.07, 6.45) is 1.47. The Balaban J connectivity index is 2.11. The molecule has 136 valence electrons. The Morgan fingerprint density at radius 3 is 2.44 bits per heavy atom. The second-order valence-corrected chi connectivity index (χ2v) is 7.80. The van der Waals surface area contributed by atoms with Crippen LogP contribution in [0.4, 0.5) is 0 Å². The number of rotatable bonds is 7. The summed E-state index contributed by atoms with van der Waals surface area (Å²) in [5.41, 5.74) is 1.26. The molecule has 2 aromatic rings. The second kappa shape index (κ2) is 7.99. The van der Waals surface area contributed by atoms with Gasteiger partial charge in [-0.1, -0.05) is 11.6 Å². The topological polar surface area (TPSA) is 81.6 Å². The van der Waals surface area contributed by atoms with Crippen LogP contribution < -0.4 is 9.47 Å². The van der Waals surface area contributed by atoms with Gasteiger partial charge in [0, 0.05) is 19.8 Å². The van der Waals surface area contributed by atoms with E-state index in [9.17, 15) is 8.42 Å². The summed E-state index contributed by atoms with van der Waals surface area (Å²) in [6, 6.07) is 5.03. The lowest BCUT2D eigenvalue weighted by molar-refractivity contribution is 0.267. The van der Waals surface area contributed by atoms with Crippen LogP contribution in [-0.2, 0) is 10.0 Å². The Kier molecular flexibility index (Phi) is 6.21. The summed E-state index contributed by atoms with van der Waals surface area (Å²) in [5, 5.41) is 0.260. The van der Waals surface area contributed by atoms with E-state index in [4.69, 9.17) is 21.1 Å². The molecule has 0 aliphatic heterocycles. The number of sulfonamides is 1. The minimum atomic E-state index is -3.66. The standard InChI is InChI=1S/C16H20ClN3O4S/c1-11-9-13(23-4)10-12(2)15(11)25(21,22)20(3)7-8-24-16-18-6-5-14(17)19-16/h5-6,9-10H,7-8H2,1-4H3. The summed E-state index contributed by atoms with van der Waals surface area (Å²) >= 11 is 5.75. The monoisotopic (exact) mass is 385 g/mol. The van der Waals surface area contributed by atoms with E-state index in [0.29, 0.717) is 16.9 Å². The highest BCUT2D eigenvalue weighted by atomic mass is 35.5. The van der Waals surface area contributed by atoms with Crippen LogP contribution in [0.15, 0.2) is 29.3 Å². The largest absolute Gasteiger partial charge is 0.497 e. The molecule has 0 amide bonds. The summed E-state index contributed by atoms with van der Waals surface area (Å²) in [4.78, 5) is 8.07. The zero-order chi connectivity index (χ0) is 18.6. The predicted molar refractivity (Wildman–Crippen MR) is 94.8 cm³/mol. The maximum atomic E-state index is 12.8. The Bertz CT molecular complexity index is 835. The average Bonchev–Trinajstić information content (AvgIpc) is 2.53. The van der Waals surface area contributed by atoms with E-state index in [1.54, 1.807) is 33.1 Å². The average molecular weight is 386 g/mol. The third kappa shape index (κ3) is 4.59. The molecule has 9 heteroatoms. The number of aryl methyl sites for hydroxylation is 2. The summed E-state index contributed by atoms with van der Waals surface area (Å²) in [6.45, 7) is 3.73. The zero-order valence-corrected chi connectivity index (χ0v) is 16.1. The number of aromatic nitrogens is 2. The molecule has 1 heterocycles. The van der Waals surface area contributed by atoms with Gasteiger partial charge in [-0.2, -0.15) is 9.29 Å². The smallest absolute Gasteiger partial charge is 0.317 e. The Labute approximate surface area is 152 Å². The van der Waals surface area contributed by atoms with Crippen molar-refractivity contribution in [3.63, 3.8) is 0 Å². The normalized spacial score (nSPS) is 11.6. The summed E-state index contributed by atoms with van der Waals surface area (Å²) in [7, 11) is -0.611. The van der Waals surface area contributed by atoms with Crippen LogP contribution in [0.5, 0.6) is 11.8 Å². The van der Waals surface area contributed by atoms with Gasteiger partial charge in [0.1, 0.15) is 17.5 Å². The van der Waals surface area contributed by atoms with Crippen molar-refractivity contribution in [2.75, 3.05) is 27.3 Å². The quantitative estimate of drug-likeness (QED) is 0.681. The highest BCUT2D eigenvalue weighted by Crippen LogP contribution is 2.27. The van der Waals surface area contributed by atoms with Gasteiger partial charge in [-0.05, 0) is 43.2 Å². The maximum Gasteiger partial charge on any atom is 0.317 e. The molecule has 2 rings (SSSR count). The minimum absolute atomic E-state index is 0.102. The number of hydrogen-bond acceptors (Lipinski definition) is 6. The van der Waals surface area contributed by atoms with Crippen molar-refractivity contribution in [3.8, 4) is 11.8 Å². The van der Waals surface area contributed by atoms with Crippen LogP contribution >= 0.6 is 11.6 Å². The van der Waals surface area contributed by atoms with E-state index in [0.717, 1.165) is 0 Å². The fourth-order valence-electron chi connectivity index (χ4n) is 2.37. The molecule has 7 nitrogen and oxygen atoms in total. The van der Waals surface area contributed by atoms with Crippen LogP contribution in [0.2, 0.25) is 5.15 Å². The van der Waals surface area contributed by atoms with E-state index in [-0.39, 0.29) is 29.2 Å². The van der Waals surface area contributed by atoms with Crippen molar-refractivity contribution < 1.29 is 17.9 Å². The predicted octanol–water partition coefficient (Wildman–Crippen LogP) is 2.45. The van der Waals surface area contributed by atoms with Gasteiger partial charge in [-0.25, -0.2) is 13.4 Å². The van der Waals surface area contributed by atoms with E-state index in [1.807, 2.05) is 0 Å². The third-order valence-electron chi connectivity index (χ3n) is 3.57. The highest BCUT2D eigenvalue weighted by molar-refractivity contribution is 7.89. The van der Waals surface area contributed by atoms with Crippen LogP contribution in [-0.4, -0.2) is 50.0 Å². The van der Waals surface area contributed by atoms with Crippen LogP contribution in [0, 0.1) is 13.8 Å². The van der Waals surface area contributed by atoms with Gasteiger partial charge in [0.25, 0.3) is 0 Å². The third-order valence-corrected chi connectivity index (χ3v) is 5.95. The Hall–Kier alpha value is -1.90. The Morgan fingerprint density at radius 2 is 1.88 bits per heavy atom. The molecule has 0 aliphatic rings. The molecular weight excluding hydrogens is 366 g/mol. The first kappa shape index (κ1) is 19.4. The van der Waals surface area contributed by atoms with Crippen molar-refractivity contribution in [1.82, 2.24) is 14.3 Å². The van der Waals surface area contributed by atoms with Crippen molar-refractivity contribution in [2.45, 2.75) is 18.7 Å². The minimum Gasteiger partial charge on any atom is -0.497 e. The fourth-order valence-corrected chi connectivity index (χ4v) is 4.05. The van der Waals surface area contributed by atoms with Crippen molar-refractivity contribution in [3.05, 3.63) is 40.7 Å². The maximum absolute atomic E-state index is 12.8. The van der Waals surface area contributed by atoms with E-state index in [2.05, 4.69) is 9.97 Å². The van der Waals surface area contributed by atoms with E-state index in [1.165, 1.54) is 23.6 Å². The van der Waals surface area contributed by atoms with E-state index >= 15 is 0 Å². The molecule has 0 bridgehead atoms. The van der Waals surface area contributed by atoms with Gasteiger partial charge in [-0.3, -0.25) is 0 Å². The lowest BCUT2D eigenvalue weighted by atomic mass is 10.1. The fraction of sp³-hybridized carbons (Fsp3) is 0.375. The summed E-state index contributed by atoms with van der Waals surface area (Å²) in [5.74, 6) is 0.623. The first-order valence-electron chi connectivity index (χ1n) is 7.48. The number of likely N-dealkylation sites (N-methyl/N-ethyl adjacent to an activating group) is 1. The number of methoxy groups -OCH3 is 1. The molecule has 1 aromatic carbocycles. The van der Waals surface area contributed by atoms with Gasteiger partial charge in [0.2, 0.25) is 10.0 Å². The van der Waals surface area contributed by atoms with Crippen molar-refractivity contribution >= 4 is 21.6 Å². The number of hydrogen-bond donors (Lipinski definition) is 0. The molecule has 0 saturated heterocycles. The molecule has 0 radical (unpaired) electrons. The van der Waals surface area contributed by atoms with Crippen molar-refractivity contribution in [2.24, 2.45) is 0 Å². The van der Waals surface area contributed by atoms with Gasteiger partial charge in [0.05, 0.1) is 12.0 Å². The number of benzene rings is 1. The number of ether oxygens (including phenoxy) is 2. The molecule has 0 saturated carbocycles.